The number of nitrogens with zero attached hydrogens (tertiary/aromatic N) is 1. The van der Waals surface area contributed by atoms with E-state index >= 15 is 0 Å². The van der Waals surface area contributed by atoms with Gasteiger partial charge in [0.1, 0.15) is 16.1 Å². The van der Waals surface area contributed by atoms with Crippen molar-refractivity contribution in [3.05, 3.63) is 107 Å². The number of morpholine rings is 1. The van der Waals surface area contributed by atoms with Crippen LogP contribution >= 0.6 is 0 Å². The molecular formula is C30H34F3NO4Si. The molecular weight excluding hydrogens is 523 g/mol. The summed E-state index contributed by atoms with van der Waals surface area (Å²) >= 11 is 0. The molecule has 0 radical (unpaired) electrons. The van der Waals surface area contributed by atoms with Crippen molar-refractivity contribution in [2.24, 2.45) is 11.3 Å². The number of amides is 1. The van der Waals surface area contributed by atoms with E-state index in [2.05, 4.69) is 0 Å². The maximum Gasteiger partial charge on any atom is 0.279 e. The minimum atomic E-state index is -1.76. The Morgan fingerprint density at radius 1 is 0.974 bits per heavy atom. The van der Waals surface area contributed by atoms with Crippen LogP contribution in [0, 0.1) is 28.8 Å². The minimum absolute atomic E-state index is 0.0363. The Kier molecular flexibility index (Phi) is 8.37. The largest absolute Gasteiger partial charge is 0.414 e. The number of aliphatic hydroxyl groups is 1. The quantitative estimate of drug-likeness (QED) is 0.341. The van der Waals surface area contributed by atoms with E-state index < -0.39 is 58.7 Å². The molecule has 2 unspecified atom stereocenters. The summed E-state index contributed by atoms with van der Waals surface area (Å²) < 4.78 is 55.7. The van der Waals surface area contributed by atoms with Gasteiger partial charge >= 0.3 is 0 Å². The van der Waals surface area contributed by atoms with Crippen LogP contribution in [0.4, 0.5) is 13.2 Å². The molecule has 208 valence electrons. The van der Waals surface area contributed by atoms with E-state index in [1.807, 2.05) is 81.4 Å². The van der Waals surface area contributed by atoms with Crippen LogP contribution in [0.15, 0.2) is 72.8 Å². The molecule has 0 aliphatic carbocycles. The van der Waals surface area contributed by atoms with Crippen molar-refractivity contribution >= 4 is 16.4 Å². The Morgan fingerprint density at radius 3 is 1.90 bits per heavy atom. The Balaban J connectivity index is 2.11. The first-order chi connectivity index (χ1) is 18.4. The van der Waals surface area contributed by atoms with Gasteiger partial charge in [-0.2, -0.15) is 0 Å². The molecule has 1 N–H and O–H groups in total. The first-order valence-corrected chi connectivity index (χ1v) is 13.7. The van der Waals surface area contributed by atoms with Crippen LogP contribution in [0.3, 0.4) is 0 Å². The summed E-state index contributed by atoms with van der Waals surface area (Å²) in [7, 11) is 0.265. The molecule has 5 nitrogen and oxygen atoms in total. The van der Waals surface area contributed by atoms with Gasteiger partial charge in [-0.15, -0.1) is 0 Å². The van der Waals surface area contributed by atoms with Gasteiger partial charge in [0.05, 0.1) is 12.1 Å². The normalized spacial score (nSPS) is 20.2. The third-order valence-corrected chi connectivity index (χ3v) is 8.05. The highest BCUT2D eigenvalue weighted by Gasteiger charge is 2.55. The summed E-state index contributed by atoms with van der Waals surface area (Å²) in [4.78, 5) is 14.9. The number of hydrogen-bond acceptors (Lipinski definition) is 4. The molecule has 0 saturated carbocycles. The molecule has 1 saturated heterocycles. The van der Waals surface area contributed by atoms with Gasteiger partial charge in [0, 0.05) is 12.5 Å². The Morgan fingerprint density at radius 2 is 1.46 bits per heavy atom. The standard InChI is InChI=1S/C30H34F3NO4Si/c1-18-17-34(27(35)28(36)37-18)25(19-15-22(31)24(33)23(32)16-19)26(29(2,3)4)30(38-39,20-11-7-5-8-12-20)21-13-9-6-10-14-21/h5-16,18,25-26,28,36H,17H2,1-4,39H3/t18?,25-,26+,28?/m0/s1. The second-order valence-electron chi connectivity index (χ2n) is 11.0. The van der Waals surface area contributed by atoms with Gasteiger partial charge in [0.15, 0.2) is 17.5 Å². The van der Waals surface area contributed by atoms with Crippen molar-refractivity contribution < 1.29 is 32.2 Å². The zero-order chi connectivity index (χ0) is 28.5. The number of hydrogen-bond donors (Lipinski definition) is 1. The SMILES string of the molecule is CC1CN([C@@H](c2cc(F)c(F)c(F)c2)[C@H](C(C)(C)C)C(O[SiH3])(c2ccccc2)c2ccccc2)C(=O)C(O)O1. The zero-order valence-electron chi connectivity index (χ0n) is 22.7. The second-order valence-corrected chi connectivity index (χ2v) is 11.5. The van der Waals surface area contributed by atoms with E-state index in [1.165, 1.54) is 4.90 Å². The van der Waals surface area contributed by atoms with Crippen molar-refractivity contribution in [1.82, 2.24) is 4.90 Å². The number of halogens is 3. The number of ether oxygens (including phenoxy) is 1. The fraction of sp³-hybridized carbons (Fsp3) is 0.367. The molecule has 1 aliphatic heterocycles. The Hall–Kier alpha value is -2.98. The molecule has 0 spiro atoms. The molecule has 9 heteroatoms. The second kappa shape index (κ2) is 11.2. The maximum absolute atomic E-state index is 14.8. The average molecular weight is 558 g/mol. The number of rotatable bonds is 7. The number of carbonyl (C=O) groups is 1. The van der Waals surface area contributed by atoms with E-state index in [0.29, 0.717) is 0 Å². The summed E-state index contributed by atoms with van der Waals surface area (Å²) in [5.74, 6) is -5.76. The van der Waals surface area contributed by atoms with Crippen molar-refractivity contribution in [2.75, 3.05) is 6.54 Å². The molecule has 1 heterocycles. The lowest BCUT2D eigenvalue weighted by molar-refractivity contribution is -0.207. The van der Waals surface area contributed by atoms with Gasteiger partial charge < -0.3 is 19.2 Å². The van der Waals surface area contributed by atoms with Gasteiger partial charge in [0.2, 0.25) is 6.29 Å². The number of benzene rings is 3. The predicted octanol–water partition coefficient (Wildman–Crippen LogP) is 4.61. The van der Waals surface area contributed by atoms with Crippen LogP contribution in [-0.4, -0.2) is 45.3 Å². The minimum Gasteiger partial charge on any atom is -0.414 e. The Labute approximate surface area is 230 Å². The number of carbonyl (C=O) groups excluding carboxylic acids is 1. The highest BCUT2D eigenvalue weighted by molar-refractivity contribution is 5.98. The summed E-state index contributed by atoms with van der Waals surface area (Å²) in [6.07, 6.45) is -2.33. The van der Waals surface area contributed by atoms with Crippen LogP contribution in [0.25, 0.3) is 0 Å². The molecule has 4 rings (SSSR count). The highest BCUT2D eigenvalue weighted by Crippen LogP contribution is 2.55. The first-order valence-electron chi connectivity index (χ1n) is 12.9. The topological polar surface area (TPSA) is 59.0 Å². The van der Waals surface area contributed by atoms with E-state index in [-0.39, 0.29) is 22.6 Å². The molecule has 4 atom stereocenters. The molecule has 1 fully saturated rings. The van der Waals surface area contributed by atoms with Gasteiger partial charge in [-0.05, 0) is 41.2 Å². The molecule has 1 aliphatic rings. The zero-order valence-corrected chi connectivity index (χ0v) is 24.7. The van der Waals surface area contributed by atoms with Crippen LogP contribution in [0.1, 0.15) is 50.4 Å². The van der Waals surface area contributed by atoms with Crippen molar-refractivity contribution in [3.63, 3.8) is 0 Å². The lowest BCUT2D eigenvalue weighted by Crippen LogP contribution is -2.58. The number of aliphatic hydroxyl groups excluding tert-OH is 1. The van der Waals surface area contributed by atoms with Gasteiger partial charge in [-0.25, -0.2) is 13.2 Å². The van der Waals surface area contributed by atoms with Crippen molar-refractivity contribution in [3.8, 4) is 0 Å². The molecule has 39 heavy (non-hydrogen) atoms. The van der Waals surface area contributed by atoms with Crippen molar-refractivity contribution in [2.45, 2.75) is 51.7 Å². The van der Waals surface area contributed by atoms with Gasteiger partial charge in [0.25, 0.3) is 5.91 Å². The predicted molar refractivity (Wildman–Crippen MR) is 145 cm³/mol. The summed E-state index contributed by atoms with van der Waals surface area (Å²) in [5, 5.41) is 10.5. The van der Waals surface area contributed by atoms with Crippen LogP contribution in [0.5, 0.6) is 0 Å². The fourth-order valence-corrected chi connectivity index (χ4v) is 6.67. The van der Waals surface area contributed by atoms with Gasteiger partial charge in [-0.3, -0.25) is 4.79 Å². The lowest BCUT2D eigenvalue weighted by Gasteiger charge is -2.54. The highest BCUT2D eigenvalue weighted by atomic mass is 28.2. The monoisotopic (exact) mass is 557 g/mol. The van der Waals surface area contributed by atoms with Crippen LogP contribution in [0.2, 0.25) is 0 Å². The third kappa shape index (κ3) is 5.41. The van der Waals surface area contributed by atoms with E-state index in [0.717, 1.165) is 23.3 Å². The summed E-state index contributed by atoms with van der Waals surface area (Å²) in [6, 6.07) is 19.8. The Bertz CT molecular complexity index is 1240. The average Bonchev–Trinajstić information content (AvgIpc) is 2.90. The first kappa shape index (κ1) is 29.0. The van der Waals surface area contributed by atoms with Crippen molar-refractivity contribution in [1.29, 1.82) is 0 Å². The third-order valence-electron chi connectivity index (χ3n) is 7.41. The van der Waals surface area contributed by atoms with E-state index in [9.17, 15) is 23.1 Å². The molecule has 0 aromatic heterocycles. The molecule has 3 aromatic carbocycles. The maximum atomic E-state index is 14.8. The molecule has 0 bridgehead atoms. The lowest BCUT2D eigenvalue weighted by atomic mass is 9.60. The molecule has 3 aromatic rings. The fourth-order valence-electron chi connectivity index (χ4n) is 5.94. The summed E-state index contributed by atoms with van der Waals surface area (Å²) in [6.45, 7) is 7.63. The van der Waals surface area contributed by atoms with Crippen LogP contribution < -0.4 is 0 Å². The van der Waals surface area contributed by atoms with Gasteiger partial charge in [-0.1, -0.05) is 81.4 Å². The molecule has 1 amide bonds. The van der Waals surface area contributed by atoms with Crippen LogP contribution in [-0.2, 0) is 19.6 Å². The van der Waals surface area contributed by atoms with E-state index in [4.69, 9.17) is 9.16 Å². The van der Waals surface area contributed by atoms with E-state index in [1.54, 1.807) is 6.92 Å². The summed E-state index contributed by atoms with van der Waals surface area (Å²) in [5.41, 5.74) is -0.237. The smallest absolute Gasteiger partial charge is 0.279 e.